The minimum Gasteiger partial charge on any atom is -0.444 e. The number of nitrogens with zero attached hydrogens (tertiary/aromatic N) is 4. The summed E-state index contributed by atoms with van der Waals surface area (Å²) in [6.07, 6.45) is 6.67. The Balaban J connectivity index is 1.53. The van der Waals surface area contributed by atoms with Gasteiger partial charge in [0.2, 0.25) is 11.7 Å². The van der Waals surface area contributed by atoms with Gasteiger partial charge in [-0.05, 0) is 57.4 Å². The number of likely N-dealkylation sites (tertiary alicyclic amines) is 1. The summed E-state index contributed by atoms with van der Waals surface area (Å²) in [5.74, 6) is 0.205. The minimum absolute atomic E-state index is 0.116. The van der Waals surface area contributed by atoms with Crippen molar-refractivity contribution in [1.82, 2.24) is 24.6 Å². The van der Waals surface area contributed by atoms with E-state index in [1.165, 1.54) is 12.1 Å². The molecule has 0 unspecified atom stereocenters. The number of halogens is 1. The van der Waals surface area contributed by atoms with Gasteiger partial charge in [0, 0.05) is 49.7 Å². The number of ether oxygens (including phenoxy) is 1. The van der Waals surface area contributed by atoms with Gasteiger partial charge in [0.25, 0.3) is 0 Å². The van der Waals surface area contributed by atoms with E-state index in [-0.39, 0.29) is 24.1 Å². The number of imidazole rings is 1. The highest BCUT2D eigenvalue weighted by Crippen LogP contribution is 2.27. The summed E-state index contributed by atoms with van der Waals surface area (Å²) in [4.78, 5) is 36.5. The van der Waals surface area contributed by atoms with Crippen molar-refractivity contribution in [2.24, 2.45) is 0 Å². The molecule has 0 radical (unpaired) electrons. The molecule has 1 aromatic carbocycles. The summed E-state index contributed by atoms with van der Waals surface area (Å²) >= 11 is 0. The molecule has 2 amide bonds. The summed E-state index contributed by atoms with van der Waals surface area (Å²) < 4.78 is 20.7. The maximum Gasteiger partial charge on any atom is 0.408 e. The lowest BCUT2D eigenvalue weighted by atomic mass is 9.93. The fourth-order valence-corrected chi connectivity index (χ4v) is 4.33. The Hall–Kier alpha value is -3.49. The van der Waals surface area contributed by atoms with Crippen molar-refractivity contribution >= 4 is 17.8 Å². The topological polar surface area (TPSA) is 88.8 Å². The zero-order valence-electron chi connectivity index (χ0n) is 19.7. The molecule has 180 valence electrons. The van der Waals surface area contributed by atoms with E-state index < -0.39 is 17.7 Å². The van der Waals surface area contributed by atoms with Crippen LogP contribution in [-0.2, 0) is 16.0 Å². The van der Waals surface area contributed by atoms with Gasteiger partial charge in [0.15, 0.2) is 0 Å². The van der Waals surface area contributed by atoms with Crippen LogP contribution < -0.4 is 5.32 Å². The largest absolute Gasteiger partial charge is 0.444 e. The second-order valence-corrected chi connectivity index (χ2v) is 9.62. The van der Waals surface area contributed by atoms with Gasteiger partial charge in [-0.1, -0.05) is 12.1 Å². The molecular weight excluding hydrogens is 437 g/mol. The highest BCUT2D eigenvalue weighted by molar-refractivity contribution is 5.86. The van der Waals surface area contributed by atoms with E-state index in [1.54, 1.807) is 50.2 Å². The normalized spacial score (nSPS) is 17.4. The molecule has 9 heteroatoms. The Morgan fingerprint density at radius 3 is 2.65 bits per heavy atom. The fourth-order valence-electron chi connectivity index (χ4n) is 4.33. The molecule has 4 rings (SSSR count). The second kappa shape index (κ2) is 9.79. The van der Waals surface area contributed by atoms with Crippen molar-refractivity contribution < 1.29 is 18.7 Å². The van der Waals surface area contributed by atoms with Crippen LogP contribution in [-0.4, -0.2) is 56.0 Å². The maximum atomic E-state index is 13.6. The number of carbonyl (C=O) groups excluding carboxylic acids is 2. The van der Waals surface area contributed by atoms with Gasteiger partial charge >= 0.3 is 6.09 Å². The zero-order valence-corrected chi connectivity index (χ0v) is 19.7. The molecule has 1 saturated heterocycles. The monoisotopic (exact) mass is 467 g/mol. The molecule has 1 N–H and O–H groups in total. The summed E-state index contributed by atoms with van der Waals surface area (Å²) in [6.45, 7) is 6.42. The molecule has 0 bridgehead atoms. The number of piperidine rings is 1. The standard InChI is InChI=1S/C25H30FN5O3/c1-25(2,3)34-24(33)29-20(15-17-6-8-19(26)9-7-17)22(32)30-13-4-5-18(16-30)21-10-11-27-23-28-12-14-31(21)23/h6-12,14,18,20H,4-5,13,15-16H2,1-3H3,(H,29,33)/t18-,20-/m0/s1. The van der Waals surface area contributed by atoms with Crippen LogP contribution in [0.1, 0.15) is 50.8 Å². The Bertz CT molecular complexity index is 1160. The van der Waals surface area contributed by atoms with Gasteiger partial charge in [-0.3, -0.25) is 9.20 Å². The number of fused-ring (bicyclic) bond motifs is 1. The Morgan fingerprint density at radius 1 is 1.18 bits per heavy atom. The number of benzene rings is 1. The van der Waals surface area contributed by atoms with Crippen molar-refractivity contribution in [1.29, 1.82) is 0 Å². The van der Waals surface area contributed by atoms with E-state index in [0.717, 1.165) is 24.1 Å². The van der Waals surface area contributed by atoms with E-state index >= 15 is 0 Å². The minimum atomic E-state index is -0.829. The van der Waals surface area contributed by atoms with Crippen LogP contribution in [0.5, 0.6) is 0 Å². The van der Waals surface area contributed by atoms with E-state index in [9.17, 15) is 14.0 Å². The van der Waals surface area contributed by atoms with Crippen LogP contribution in [0.2, 0.25) is 0 Å². The summed E-state index contributed by atoms with van der Waals surface area (Å²) in [7, 11) is 0. The highest BCUT2D eigenvalue weighted by Gasteiger charge is 2.32. The van der Waals surface area contributed by atoms with Gasteiger partial charge in [0.1, 0.15) is 17.5 Å². The first-order valence-electron chi connectivity index (χ1n) is 11.5. The molecule has 3 aromatic rings. The Labute approximate surface area is 198 Å². The predicted octanol–water partition coefficient (Wildman–Crippen LogP) is 3.71. The second-order valence-electron chi connectivity index (χ2n) is 9.62. The third-order valence-corrected chi connectivity index (χ3v) is 5.83. The average molecular weight is 468 g/mol. The number of hydrogen-bond acceptors (Lipinski definition) is 5. The lowest BCUT2D eigenvalue weighted by molar-refractivity contribution is -0.134. The van der Waals surface area contributed by atoms with Gasteiger partial charge in [0.05, 0.1) is 0 Å². The first-order chi connectivity index (χ1) is 16.2. The smallest absolute Gasteiger partial charge is 0.408 e. The number of alkyl carbamates (subject to hydrolysis) is 1. The van der Waals surface area contributed by atoms with E-state index in [2.05, 4.69) is 15.3 Å². The summed E-state index contributed by atoms with van der Waals surface area (Å²) in [6, 6.07) is 7.07. The number of hydrogen-bond donors (Lipinski definition) is 1. The molecule has 8 nitrogen and oxygen atoms in total. The molecule has 0 saturated carbocycles. The van der Waals surface area contributed by atoms with Crippen molar-refractivity contribution in [3.05, 3.63) is 66.0 Å². The van der Waals surface area contributed by atoms with Crippen LogP contribution in [0, 0.1) is 5.82 Å². The molecule has 1 aliphatic heterocycles. The number of amides is 2. The van der Waals surface area contributed by atoms with Crippen molar-refractivity contribution in [2.75, 3.05) is 13.1 Å². The highest BCUT2D eigenvalue weighted by atomic mass is 19.1. The lowest BCUT2D eigenvalue weighted by Crippen LogP contribution is -2.52. The van der Waals surface area contributed by atoms with Gasteiger partial charge in [-0.25, -0.2) is 19.2 Å². The molecule has 0 spiro atoms. The SMILES string of the molecule is CC(C)(C)OC(=O)N[C@@H](Cc1ccc(F)cc1)C(=O)N1CCC[C@H](c2ccnc3nccn23)C1. The van der Waals surface area contributed by atoms with E-state index in [0.29, 0.717) is 18.9 Å². The van der Waals surface area contributed by atoms with Gasteiger partial charge in [-0.15, -0.1) is 0 Å². The van der Waals surface area contributed by atoms with Gasteiger partial charge in [-0.2, -0.15) is 0 Å². The molecule has 2 aromatic heterocycles. The summed E-state index contributed by atoms with van der Waals surface area (Å²) in [5.41, 5.74) is 1.11. The quantitative estimate of drug-likeness (QED) is 0.618. The molecule has 34 heavy (non-hydrogen) atoms. The number of carbonyl (C=O) groups is 2. The zero-order chi connectivity index (χ0) is 24.3. The molecule has 2 atom stereocenters. The predicted molar refractivity (Wildman–Crippen MR) is 125 cm³/mol. The fraction of sp³-hybridized carbons (Fsp3) is 0.440. The average Bonchev–Trinajstić information content (AvgIpc) is 3.27. The number of rotatable bonds is 5. The molecule has 1 fully saturated rings. The molecule has 0 aliphatic carbocycles. The van der Waals surface area contributed by atoms with Crippen LogP contribution in [0.3, 0.4) is 0 Å². The molecule has 3 heterocycles. The van der Waals surface area contributed by atoms with Crippen LogP contribution in [0.4, 0.5) is 9.18 Å². The first kappa shape index (κ1) is 23.7. The van der Waals surface area contributed by atoms with Crippen molar-refractivity contribution in [3.63, 3.8) is 0 Å². The van der Waals surface area contributed by atoms with Gasteiger partial charge < -0.3 is 15.0 Å². The Morgan fingerprint density at radius 2 is 1.91 bits per heavy atom. The third-order valence-electron chi connectivity index (χ3n) is 5.83. The van der Waals surface area contributed by atoms with Crippen LogP contribution in [0.25, 0.3) is 5.78 Å². The van der Waals surface area contributed by atoms with E-state index in [1.807, 2.05) is 16.7 Å². The number of aromatic nitrogens is 3. The summed E-state index contributed by atoms with van der Waals surface area (Å²) in [5, 5.41) is 2.74. The molecule has 1 aliphatic rings. The number of nitrogens with one attached hydrogen (secondary N) is 1. The van der Waals surface area contributed by atoms with Crippen molar-refractivity contribution in [2.45, 2.75) is 57.6 Å². The maximum absolute atomic E-state index is 13.6. The molecular formula is C25H30FN5O3. The van der Waals surface area contributed by atoms with Crippen molar-refractivity contribution in [3.8, 4) is 0 Å². The van der Waals surface area contributed by atoms with E-state index in [4.69, 9.17) is 4.74 Å². The Kier molecular flexibility index (Phi) is 6.81. The van der Waals surface area contributed by atoms with Crippen LogP contribution >= 0.6 is 0 Å². The van der Waals surface area contributed by atoms with Crippen LogP contribution in [0.15, 0.2) is 48.9 Å². The first-order valence-corrected chi connectivity index (χ1v) is 11.5. The lowest BCUT2D eigenvalue weighted by Gasteiger charge is -2.35. The third kappa shape index (κ3) is 5.70.